The molecule has 2 heteroatoms. The molecule has 17 heavy (non-hydrogen) atoms. The molecule has 1 atom stereocenters. The van der Waals surface area contributed by atoms with Crippen LogP contribution in [0.4, 0.5) is 0 Å². The minimum atomic E-state index is 0.458. The fourth-order valence-electron chi connectivity index (χ4n) is 2.10. The van der Waals surface area contributed by atoms with Gasteiger partial charge < -0.3 is 0 Å². The van der Waals surface area contributed by atoms with Crippen molar-refractivity contribution in [3.8, 4) is 0 Å². The molecule has 1 aromatic carbocycles. The van der Waals surface area contributed by atoms with Crippen molar-refractivity contribution in [3.05, 3.63) is 56.7 Å². The van der Waals surface area contributed by atoms with Crippen molar-refractivity contribution in [2.45, 2.75) is 32.6 Å². The Morgan fingerprint density at radius 2 is 1.88 bits per heavy atom. The van der Waals surface area contributed by atoms with Crippen LogP contribution in [0.15, 0.2) is 35.7 Å². The molecule has 0 bridgehead atoms. The topological polar surface area (TPSA) is 0 Å². The number of rotatable bonds is 4. The van der Waals surface area contributed by atoms with Crippen molar-refractivity contribution in [1.82, 2.24) is 0 Å². The maximum absolute atomic E-state index is 5.92. The molecule has 0 N–H and O–H groups in total. The predicted octanol–water partition coefficient (Wildman–Crippen LogP) is 5.51. The summed E-state index contributed by atoms with van der Waals surface area (Å²) in [5.41, 5.74) is 2.81. The van der Waals surface area contributed by atoms with E-state index in [1.807, 2.05) is 23.5 Å². The first-order chi connectivity index (χ1) is 8.22. The number of halogens is 1. The summed E-state index contributed by atoms with van der Waals surface area (Å²) in [5, 5.41) is 3.01. The van der Waals surface area contributed by atoms with Crippen LogP contribution in [-0.4, -0.2) is 0 Å². The van der Waals surface area contributed by atoms with Gasteiger partial charge in [-0.3, -0.25) is 0 Å². The molecule has 0 aliphatic rings. The molecule has 0 saturated carbocycles. The second-order valence-electron chi connectivity index (χ2n) is 4.32. The van der Waals surface area contributed by atoms with Gasteiger partial charge in [-0.05, 0) is 41.1 Å². The zero-order valence-electron chi connectivity index (χ0n) is 10.2. The van der Waals surface area contributed by atoms with Crippen molar-refractivity contribution in [2.75, 3.05) is 0 Å². The van der Waals surface area contributed by atoms with Crippen LogP contribution in [0, 0.1) is 0 Å². The largest absolute Gasteiger partial charge is 0.149 e. The molecule has 1 heterocycles. The van der Waals surface area contributed by atoms with Gasteiger partial charge in [-0.2, -0.15) is 0 Å². The molecule has 0 aliphatic heterocycles. The third-order valence-corrected chi connectivity index (χ3v) is 4.34. The molecule has 2 rings (SSSR count). The standard InChI is InChI=1S/C15H17ClS/c1-3-4-15-14(9-10-17-15)11(2)12-5-7-13(16)8-6-12/h5-11H,3-4H2,1-2H3. The van der Waals surface area contributed by atoms with Gasteiger partial charge in [0.1, 0.15) is 0 Å². The molecule has 90 valence electrons. The first kappa shape index (κ1) is 12.7. The zero-order chi connectivity index (χ0) is 12.3. The third kappa shape index (κ3) is 2.91. The lowest BCUT2D eigenvalue weighted by molar-refractivity contribution is 0.871. The Kier molecular flexibility index (Phi) is 4.25. The summed E-state index contributed by atoms with van der Waals surface area (Å²) in [5.74, 6) is 0.458. The van der Waals surface area contributed by atoms with E-state index >= 15 is 0 Å². The van der Waals surface area contributed by atoms with Gasteiger partial charge in [-0.15, -0.1) is 11.3 Å². The van der Waals surface area contributed by atoms with Gasteiger partial charge in [0.2, 0.25) is 0 Å². The maximum atomic E-state index is 5.92. The molecular weight excluding hydrogens is 248 g/mol. The van der Waals surface area contributed by atoms with Crippen LogP contribution >= 0.6 is 22.9 Å². The van der Waals surface area contributed by atoms with Crippen LogP contribution in [0.1, 0.15) is 42.2 Å². The predicted molar refractivity (Wildman–Crippen MR) is 77.3 cm³/mol. The fraction of sp³-hybridized carbons (Fsp3) is 0.333. The normalized spacial score (nSPS) is 12.6. The lowest BCUT2D eigenvalue weighted by Gasteiger charge is -2.13. The van der Waals surface area contributed by atoms with Crippen LogP contribution in [0.3, 0.4) is 0 Å². The summed E-state index contributed by atoms with van der Waals surface area (Å²) >= 11 is 7.80. The Balaban J connectivity index is 2.26. The monoisotopic (exact) mass is 264 g/mol. The number of aryl methyl sites for hydroxylation is 1. The van der Waals surface area contributed by atoms with Crippen LogP contribution < -0.4 is 0 Å². The van der Waals surface area contributed by atoms with E-state index < -0.39 is 0 Å². The highest BCUT2D eigenvalue weighted by Crippen LogP contribution is 2.31. The van der Waals surface area contributed by atoms with E-state index in [1.165, 1.54) is 28.8 Å². The minimum absolute atomic E-state index is 0.458. The Morgan fingerprint density at radius 1 is 1.18 bits per heavy atom. The molecule has 0 aliphatic carbocycles. The third-order valence-electron chi connectivity index (χ3n) is 3.09. The van der Waals surface area contributed by atoms with Crippen molar-refractivity contribution >= 4 is 22.9 Å². The second-order valence-corrected chi connectivity index (χ2v) is 5.76. The lowest BCUT2D eigenvalue weighted by Crippen LogP contribution is -1.97. The van der Waals surface area contributed by atoms with E-state index in [9.17, 15) is 0 Å². The smallest absolute Gasteiger partial charge is 0.0406 e. The molecule has 0 saturated heterocycles. The Bertz CT molecular complexity index is 470. The van der Waals surface area contributed by atoms with E-state index in [0.29, 0.717) is 5.92 Å². The molecular formula is C15H17ClS. The Morgan fingerprint density at radius 3 is 2.53 bits per heavy atom. The summed E-state index contributed by atoms with van der Waals surface area (Å²) in [6, 6.07) is 10.5. The van der Waals surface area contributed by atoms with E-state index in [4.69, 9.17) is 11.6 Å². The SMILES string of the molecule is CCCc1sccc1C(C)c1ccc(Cl)cc1. The second kappa shape index (κ2) is 5.70. The molecule has 0 fully saturated rings. The average Bonchev–Trinajstić information content (AvgIpc) is 2.78. The van der Waals surface area contributed by atoms with E-state index in [2.05, 4.69) is 37.4 Å². The van der Waals surface area contributed by atoms with Crippen molar-refractivity contribution in [2.24, 2.45) is 0 Å². The lowest BCUT2D eigenvalue weighted by atomic mass is 9.93. The van der Waals surface area contributed by atoms with Crippen LogP contribution in [-0.2, 0) is 6.42 Å². The summed E-state index contributed by atoms with van der Waals surface area (Å²) in [4.78, 5) is 1.52. The van der Waals surface area contributed by atoms with Gasteiger partial charge in [0, 0.05) is 15.8 Å². The highest BCUT2D eigenvalue weighted by molar-refractivity contribution is 7.10. The van der Waals surface area contributed by atoms with E-state index in [0.717, 1.165) is 5.02 Å². The van der Waals surface area contributed by atoms with Crippen LogP contribution in [0.5, 0.6) is 0 Å². The summed E-state index contributed by atoms with van der Waals surface area (Å²) in [7, 11) is 0. The van der Waals surface area contributed by atoms with E-state index in [-0.39, 0.29) is 0 Å². The van der Waals surface area contributed by atoms with Gasteiger partial charge >= 0.3 is 0 Å². The number of thiophene rings is 1. The number of hydrogen-bond donors (Lipinski definition) is 0. The molecule has 0 spiro atoms. The molecule has 0 nitrogen and oxygen atoms in total. The first-order valence-electron chi connectivity index (χ1n) is 6.04. The maximum Gasteiger partial charge on any atom is 0.0406 e. The molecule has 0 amide bonds. The first-order valence-corrected chi connectivity index (χ1v) is 7.30. The Labute approximate surface area is 112 Å². The summed E-state index contributed by atoms with van der Waals surface area (Å²) in [6.07, 6.45) is 2.39. The van der Waals surface area contributed by atoms with Crippen molar-refractivity contribution in [3.63, 3.8) is 0 Å². The van der Waals surface area contributed by atoms with Crippen molar-refractivity contribution < 1.29 is 0 Å². The zero-order valence-corrected chi connectivity index (χ0v) is 11.8. The van der Waals surface area contributed by atoms with Gasteiger partial charge in [-0.1, -0.05) is 44.0 Å². The summed E-state index contributed by atoms with van der Waals surface area (Å²) in [6.45, 7) is 4.50. The molecule has 2 aromatic rings. The summed E-state index contributed by atoms with van der Waals surface area (Å²) < 4.78 is 0. The minimum Gasteiger partial charge on any atom is -0.149 e. The van der Waals surface area contributed by atoms with Crippen LogP contribution in [0.2, 0.25) is 5.02 Å². The highest BCUT2D eigenvalue weighted by Gasteiger charge is 2.13. The molecule has 0 radical (unpaired) electrons. The average molecular weight is 265 g/mol. The number of hydrogen-bond acceptors (Lipinski definition) is 1. The number of benzene rings is 1. The highest BCUT2D eigenvalue weighted by atomic mass is 35.5. The van der Waals surface area contributed by atoms with E-state index in [1.54, 1.807) is 0 Å². The van der Waals surface area contributed by atoms with Gasteiger partial charge in [0.05, 0.1) is 0 Å². The molecule has 1 aromatic heterocycles. The van der Waals surface area contributed by atoms with Gasteiger partial charge in [0.15, 0.2) is 0 Å². The fourth-order valence-corrected chi connectivity index (χ4v) is 3.31. The van der Waals surface area contributed by atoms with Gasteiger partial charge in [0.25, 0.3) is 0 Å². The van der Waals surface area contributed by atoms with Crippen LogP contribution in [0.25, 0.3) is 0 Å². The van der Waals surface area contributed by atoms with Gasteiger partial charge in [-0.25, -0.2) is 0 Å². The Hall–Kier alpha value is -0.790. The van der Waals surface area contributed by atoms with Crippen molar-refractivity contribution in [1.29, 1.82) is 0 Å². The quantitative estimate of drug-likeness (QED) is 0.683. The molecule has 1 unspecified atom stereocenters.